The van der Waals surface area contributed by atoms with Crippen LogP contribution < -0.4 is 0 Å². The zero-order chi connectivity index (χ0) is 38.0. The molecule has 13 fully saturated rings. The second-order valence-electron chi connectivity index (χ2n) is 20.1. The SMILES string of the molecule is C=C[Si]12O[Si]3(C4CCCC4)O[Si]4(C5CCCC5)O[Si](C5CCCC5)(O1)O[Si]1(C5CCCC5)O[Si](C5CCCC5)(O2)O[Si](C2CCCC2)(O3)O[Si](C2CCCC2)(O4)O1. The van der Waals surface area contributed by atoms with Gasteiger partial charge in [-0.2, -0.15) is 0 Å². The van der Waals surface area contributed by atoms with Gasteiger partial charge in [0.25, 0.3) is 0 Å². The zero-order valence-corrected chi connectivity index (χ0v) is 42.0. The first kappa shape index (κ1) is 39.6. The summed E-state index contributed by atoms with van der Waals surface area (Å²) in [4.78, 5) is 0. The molecule has 7 saturated carbocycles. The van der Waals surface area contributed by atoms with E-state index in [1.807, 2.05) is 5.70 Å². The molecule has 0 aromatic carbocycles. The van der Waals surface area contributed by atoms with E-state index in [0.717, 1.165) is 180 Å². The second-order valence-corrected chi connectivity index (χ2v) is 45.7. The van der Waals surface area contributed by atoms with Crippen LogP contribution in [0.1, 0.15) is 180 Å². The van der Waals surface area contributed by atoms with Gasteiger partial charge in [-0.15, -0.1) is 6.58 Å². The monoisotopic (exact) mass is 926 g/mol. The molecule has 0 spiro atoms. The lowest BCUT2D eigenvalue weighted by molar-refractivity contribution is -0.0430. The summed E-state index contributed by atoms with van der Waals surface area (Å²) >= 11 is 0. The largest absolute Gasteiger partial charge is 0.506 e. The summed E-state index contributed by atoms with van der Waals surface area (Å²) in [5.74, 6) is 0. The molecule has 318 valence electrons. The van der Waals surface area contributed by atoms with E-state index < -0.39 is 70.4 Å². The highest BCUT2D eigenvalue weighted by Crippen LogP contribution is 2.66. The van der Waals surface area contributed by atoms with Crippen LogP contribution >= 0.6 is 0 Å². The molecule has 13 aliphatic rings. The van der Waals surface area contributed by atoms with E-state index >= 15 is 0 Å². The Bertz CT molecular complexity index is 1360. The highest BCUT2D eigenvalue weighted by molar-refractivity contribution is 7.05. The van der Waals surface area contributed by atoms with Crippen molar-refractivity contribution in [2.24, 2.45) is 0 Å². The van der Waals surface area contributed by atoms with E-state index in [0.29, 0.717) is 0 Å². The summed E-state index contributed by atoms with van der Waals surface area (Å²) in [6, 6.07) is 0. The van der Waals surface area contributed by atoms with Crippen LogP contribution in [0.15, 0.2) is 12.3 Å². The third-order valence-electron chi connectivity index (χ3n) is 16.7. The van der Waals surface area contributed by atoms with Crippen molar-refractivity contribution < 1.29 is 49.4 Å². The normalized spacial score (nSPS) is 50.6. The molecular formula is C37H66O12Si8. The van der Waals surface area contributed by atoms with Crippen LogP contribution in [0, 0.1) is 0 Å². The van der Waals surface area contributed by atoms with Crippen molar-refractivity contribution in [2.75, 3.05) is 0 Å². The fourth-order valence-electron chi connectivity index (χ4n) is 13.7. The van der Waals surface area contributed by atoms with E-state index in [9.17, 15) is 0 Å². The molecule has 13 rings (SSSR count). The van der Waals surface area contributed by atoms with E-state index in [1.54, 1.807) is 0 Å². The Kier molecular flexibility index (Phi) is 10.1. The van der Waals surface area contributed by atoms with E-state index in [1.165, 1.54) is 0 Å². The van der Waals surface area contributed by atoms with Gasteiger partial charge in [0.2, 0.25) is 0 Å². The first-order valence-corrected chi connectivity index (χ1v) is 38.2. The first-order chi connectivity index (χ1) is 27.8. The molecule has 6 heterocycles. The minimum absolute atomic E-state index is 0.0417. The quantitative estimate of drug-likeness (QED) is 0.216. The summed E-state index contributed by atoms with van der Waals surface area (Å²) in [6.07, 6.45) is 29.2. The summed E-state index contributed by atoms with van der Waals surface area (Å²) in [5, 5.41) is 0. The average Bonchev–Trinajstić information content (AvgIpc) is 4.05. The fourth-order valence-corrected chi connectivity index (χ4v) is 68.6. The predicted molar refractivity (Wildman–Crippen MR) is 225 cm³/mol. The topological polar surface area (TPSA) is 111 Å². The van der Waals surface area contributed by atoms with Crippen molar-refractivity contribution in [3.63, 3.8) is 0 Å². The van der Waals surface area contributed by atoms with Crippen LogP contribution in [0.5, 0.6) is 0 Å². The molecule has 0 unspecified atom stereocenters. The minimum atomic E-state index is -4.00. The van der Waals surface area contributed by atoms with Crippen LogP contribution in [0.25, 0.3) is 0 Å². The van der Waals surface area contributed by atoms with Crippen LogP contribution in [0.4, 0.5) is 0 Å². The molecule has 0 aromatic heterocycles. The Morgan fingerprint density at radius 3 is 0.526 bits per heavy atom. The molecule has 7 aliphatic carbocycles. The maximum atomic E-state index is 8.37. The molecule has 6 saturated heterocycles. The third-order valence-corrected chi connectivity index (χ3v) is 55.5. The first-order valence-electron chi connectivity index (χ1n) is 23.8. The van der Waals surface area contributed by atoms with Gasteiger partial charge in [-0.3, -0.25) is 0 Å². The Labute approximate surface area is 348 Å². The molecule has 8 bridgehead atoms. The molecule has 0 aromatic rings. The third kappa shape index (κ3) is 6.18. The standard InChI is InChI=1S/C37H66O12Si8/c1-2-50-38-51(31-17-3-4-18-31)41-54(34-23-9-10-24-34)43-52(39-50,32-19-5-6-20-32)45-56(36-27-13-14-28-36)46-53(40-50,33-21-7-8-22-33)44-55(42-51,35-25-11-12-26-35)48-57(47-54,49-56)37-29-15-16-30-37/h2,31-37H,1,3-30H2. The van der Waals surface area contributed by atoms with Crippen molar-refractivity contribution in [3.8, 4) is 0 Å². The Hall–Kier alpha value is 0.995. The second kappa shape index (κ2) is 14.5. The van der Waals surface area contributed by atoms with E-state index in [-0.39, 0.29) is 38.8 Å². The Balaban J connectivity index is 1.18. The zero-order valence-electron chi connectivity index (χ0n) is 34.0. The molecule has 0 N–H and O–H groups in total. The average molecular weight is 928 g/mol. The maximum absolute atomic E-state index is 8.37. The van der Waals surface area contributed by atoms with Gasteiger partial charge in [0.15, 0.2) is 0 Å². The van der Waals surface area contributed by atoms with Crippen LogP contribution in [0.2, 0.25) is 38.8 Å². The summed E-state index contributed by atoms with van der Waals surface area (Å²) in [5.41, 5.74) is 2.28. The number of hydrogen-bond donors (Lipinski definition) is 0. The minimum Gasteiger partial charge on any atom is -0.373 e. The molecule has 57 heavy (non-hydrogen) atoms. The maximum Gasteiger partial charge on any atom is 0.506 e. The lowest BCUT2D eigenvalue weighted by Crippen LogP contribution is -2.90. The van der Waals surface area contributed by atoms with Crippen molar-refractivity contribution >= 4 is 70.4 Å². The molecule has 12 nitrogen and oxygen atoms in total. The summed E-state index contributed by atoms with van der Waals surface area (Å²) in [7, 11) is -31.1. The van der Waals surface area contributed by atoms with Crippen LogP contribution in [0.3, 0.4) is 0 Å². The highest BCUT2D eigenvalue weighted by Gasteiger charge is 2.88. The van der Waals surface area contributed by atoms with E-state index in [4.69, 9.17) is 49.4 Å². The van der Waals surface area contributed by atoms with Gasteiger partial charge in [0.05, 0.1) is 0 Å². The van der Waals surface area contributed by atoms with Crippen molar-refractivity contribution in [1.82, 2.24) is 0 Å². The van der Waals surface area contributed by atoms with Gasteiger partial charge in [0.1, 0.15) is 0 Å². The summed E-state index contributed by atoms with van der Waals surface area (Å²) in [6.45, 7) is 4.56. The summed E-state index contributed by atoms with van der Waals surface area (Å²) < 4.78 is 99.0. The smallest absolute Gasteiger partial charge is 0.373 e. The number of rotatable bonds is 8. The Morgan fingerprint density at radius 2 is 0.386 bits per heavy atom. The molecule has 6 aliphatic heterocycles. The predicted octanol–water partition coefficient (Wildman–Crippen LogP) is 10.1. The molecule has 0 radical (unpaired) electrons. The van der Waals surface area contributed by atoms with Crippen molar-refractivity contribution in [1.29, 1.82) is 0 Å². The van der Waals surface area contributed by atoms with Gasteiger partial charge < -0.3 is 49.4 Å². The number of hydrogen-bond acceptors (Lipinski definition) is 12. The molecule has 20 heteroatoms. The van der Waals surface area contributed by atoms with Gasteiger partial charge >= 0.3 is 70.4 Å². The van der Waals surface area contributed by atoms with Crippen molar-refractivity contribution in [3.05, 3.63) is 12.3 Å². The van der Waals surface area contributed by atoms with Gasteiger partial charge in [0, 0.05) is 38.8 Å². The van der Waals surface area contributed by atoms with Gasteiger partial charge in [-0.25, -0.2) is 0 Å². The molecule has 0 amide bonds. The van der Waals surface area contributed by atoms with Gasteiger partial charge in [-0.05, 0) is 95.6 Å². The van der Waals surface area contributed by atoms with Gasteiger partial charge in [-0.1, -0.05) is 89.9 Å². The molecular weight excluding hydrogens is 861 g/mol. The van der Waals surface area contributed by atoms with E-state index in [2.05, 4.69) is 6.58 Å². The highest BCUT2D eigenvalue weighted by atomic mass is 28.6. The lowest BCUT2D eigenvalue weighted by Gasteiger charge is -2.66. The fraction of sp³-hybridized carbons (Fsp3) is 0.946. The van der Waals surface area contributed by atoms with Crippen LogP contribution in [-0.4, -0.2) is 70.4 Å². The van der Waals surface area contributed by atoms with Crippen molar-refractivity contribution in [2.45, 2.75) is 219 Å². The van der Waals surface area contributed by atoms with Crippen LogP contribution in [-0.2, 0) is 49.4 Å². The molecule has 0 atom stereocenters. The Morgan fingerprint density at radius 1 is 0.246 bits per heavy atom. The lowest BCUT2D eigenvalue weighted by atomic mass is 10.4.